The van der Waals surface area contributed by atoms with Crippen molar-refractivity contribution in [3.63, 3.8) is 0 Å². The van der Waals surface area contributed by atoms with Crippen LogP contribution in [0.1, 0.15) is 5.56 Å². The first kappa shape index (κ1) is 11.2. The van der Waals surface area contributed by atoms with Crippen molar-refractivity contribution in [3.8, 4) is 5.75 Å². The number of hydrogen-bond donors (Lipinski definition) is 1. The van der Waals surface area contributed by atoms with Gasteiger partial charge in [-0.1, -0.05) is 12.1 Å². The molecule has 80 valence electrons. The molecule has 0 aliphatic rings. The number of rotatable bonds is 5. The van der Waals surface area contributed by atoms with Crippen molar-refractivity contribution >= 4 is 12.0 Å². The number of halogens is 1. The lowest BCUT2D eigenvalue weighted by atomic mass is 10.2. The standard InChI is InChI=1S/C11H11FO3/c12-7-8-15-10-4-1-9(2-5-10)3-6-11(13)14/h1-6H,7-8H2,(H,13,14)/b6-3+. The van der Waals surface area contributed by atoms with E-state index in [2.05, 4.69) is 0 Å². The Morgan fingerprint density at radius 3 is 2.60 bits per heavy atom. The van der Waals surface area contributed by atoms with E-state index in [0.29, 0.717) is 5.75 Å². The van der Waals surface area contributed by atoms with Crippen LogP contribution in [0.2, 0.25) is 0 Å². The van der Waals surface area contributed by atoms with Gasteiger partial charge in [-0.15, -0.1) is 0 Å². The Kier molecular flexibility index (Phi) is 4.34. The van der Waals surface area contributed by atoms with Crippen LogP contribution in [0.25, 0.3) is 6.08 Å². The summed E-state index contributed by atoms with van der Waals surface area (Å²) in [4.78, 5) is 10.2. The van der Waals surface area contributed by atoms with E-state index >= 15 is 0 Å². The summed E-state index contributed by atoms with van der Waals surface area (Å²) in [5.41, 5.74) is 0.755. The third-order valence-electron chi connectivity index (χ3n) is 1.64. The van der Waals surface area contributed by atoms with Crippen LogP contribution in [0.15, 0.2) is 30.3 Å². The van der Waals surface area contributed by atoms with Crippen LogP contribution >= 0.6 is 0 Å². The number of hydrogen-bond acceptors (Lipinski definition) is 2. The van der Waals surface area contributed by atoms with Crippen molar-refractivity contribution in [3.05, 3.63) is 35.9 Å². The van der Waals surface area contributed by atoms with E-state index in [0.717, 1.165) is 11.6 Å². The van der Waals surface area contributed by atoms with E-state index in [-0.39, 0.29) is 6.61 Å². The average molecular weight is 210 g/mol. The van der Waals surface area contributed by atoms with Gasteiger partial charge in [-0.05, 0) is 23.8 Å². The van der Waals surface area contributed by atoms with Gasteiger partial charge < -0.3 is 9.84 Å². The van der Waals surface area contributed by atoms with E-state index in [9.17, 15) is 9.18 Å². The fourth-order valence-electron chi connectivity index (χ4n) is 0.999. The molecule has 1 N–H and O–H groups in total. The Morgan fingerprint density at radius 1 is 1.40 bits per heavy atom. The average Bonchev–Trinajstić information content (AvgIpc) is 2.25. The van der Waals surface area contributed by atoms with Crippen molar-refractivity contribution in [1.82, 2.24) is 0 Å². The lowest BCUT2D eigenvalue weighted by Crippen LogP contribution is -1.98. The Hall–Kier alpha value is -1.84. The topological polar surface area (TPSA) is 46.5 Å². The van der Waals surface area contributed by atoms with E-state index in [4.69, 9.17) is 9.84 Å². The third-order valence-corrected chi connectivity index (χ3v) is 1.64. The van der Waals surface area contributed by atoms with Crippen LogP contribution in [-0.4, -0.2) is 24.4 Å². The minimum Gasteiger partial charge on any atom is -0.491 e. The molecule has 0 bridgehead atoms. The number of ether oxygens (including phenoxy) is 1. The highest BCUT2D eigenvalue weighted by Gasteiger charge is 1.93. The predicted molar refractivity (Wildman–Crippen MR) is 54.6 cm³/mol. The molecule has 0 saturated carbocycles. The SMILES string of the molecule is O=C(O)/C=C/c1ccc(OCCF)cc1. The van der Waals surface area contributed by atoms with E-state index in [1.165, 1.54) is 6.08 Å². The Balaban J connectivity index is 2.60. The van der Waals surface area contributed by atoms with Gasteiger partial charge >= 0.3 is 5.97 Å². The quantitative estimate of drug-likeness (QED) is 0.757. The van der Waals surface area contributed by atoms with Crippen LogP contribution in [0.4, 0.5) is 4.39 Å². The predicted octanol–water partition coefficient (Wildman–Crippen LogP) is 2.13. The number of benzene rings is 1. The molecule has 0 fully saturated rings. The summed E-state index contributed by atoms with van der Waals surface area (Å²) in [6, 6.07) is 6.73. The molecule has 0 saturated heterocycles. The molecule has 0 spiro atoms. The zero-order valence-electron chi connectivity index (χ0n) is 8.02. The highest BCUT2D eigenvalue weighted by molar-refractivity contribution is 5.85. The Bertz CT molecular complexity index is 343. The van der Waals surface area contributed by atoms with Crippen molar-refractivity contribution in [1.29, 1.82) is 0 Å². The summed E-state index contributed by atoms with van der Waals surface area (Å²) in [7, 11) is 0. The molecule has 0 heterocycles. The zero-order chi connectivity index (χ0) is 11.1. The molecule has 0 unspecified atom stereocenters. The number of alkyl halides is 1. The van der Waals surface area contributed by atoms with Crippen LogP contribution < -0.4 is 4.74 Å². The number of carboxylic acids is 1. The van der Waals surface area contributed by atoms with Gasteiger partial charge in [0.25, 0.3) is 0 Å². The zero-order valence-corrected chi connectivity index (χ0v) is 8.02. The highest BCUT2D eigenvalue weighted by Crippen LogP contribution is 2.12. The second-order valence-corrected chi connectivity index (χ2v) is 2.78. The summed E-state index contributed by atoms with van der Waals surface area (Å²) in [5.74, 6) is -0.423. The van der Waals surface area contributed by atoms with Crippen molar-refractivity contribution in [2.24, 2.45) is 0 Å². The molecule has 1 rings (SSSR count). The number of carboxylic acid groups (broad SMARTS) is 1. The van der Waals surface area contributed by atoms with Gasteiger partial charge in [-0.25, -0.2) is 9.18 Å². The fourth-order valence-corrected chi connectivity index (χ4v) is 0.999. The number of aliphatic carboxylic acids is 1. The van der Waals surface area contributed by atoms with Crippen LogP contribution in [0, 0.1) is 0 Å². The summed E-state index contributed by atoms with van der Waals surface area (Å²) < 4.78 is 16.8. The number of carbonyl (C=O) groups is 1. The Labute approximate surface area is 86.8 Å². The lowest BCUT2D eigenvalue weighted by molar-refractivity contribution is -0.131. The summed E-state index contributed by atoms with van der Waals surface area (Å²) in [6.07, 6.45) is 2.53. The first-order chi connectivity index (χ1) is 7.22. The molecule has 0 atom stereocenters. The van der Waals surface area contributed by atoms with Crippen molar-refractivity contribution in [2.45, 2.75) is 0 Å². The van der Waals surface area contributed by atoms with Gasteiger partial charge in [0.15, 0.2) is 0 Å². The second kappa shape index (κ2) is 5.80. The maximum absolute atomic E-state index is 11.8. The maximum Gasteiger partial charge on any atom is 0.328 e. The van der Waals surface area contributed by atoms with Gasteiger partial charge in [-0.3, -0.25) is 0 Å². The van der Waals surface area contributed by atoms with Crippen LogP contribution in [-0.2, 0) is 4.79 Å². The largest absolute Gasteiger partial charge is 0.491 e. The molecule has 1 aromatic carbocycles. The van der Waals surface area contributed by atoms with E-state index in [1.807, 2.05) is 0 Å². The molecule has 0 aliphatic heterocycles. The van der Waals surface area contributed by atoms with Crippen molar-refractivity contribution < 1.29 is 19.0 Å². The van der Waals surface area contributed by atoms with Gasteiger partial charge in [0.1, 0.15) is 19.0 Å². The van der Waals surface area contributed by atoms with Gasteiger partial charge in [0, 0.05) is 6.08 Å². The normalized spacial score (nSPS) is 10.5. The maximum atomic E-state index is 11.8. The van der Waals surface area contributed by atoms with Gasteiger partial charge in [0.2, 0.25) is 0 Å². The molecule has 4 heteroatoms. The van der Waals surface area contributed by atoms with Gasteiger partial charge in [-0.2, -0.15) is 0 Å². The van der Waals surface area contributed by atoms with Crippen LogP contribution in [0.3, 0.4) is 0 Å². The first-order valence-corrected chi connectivity index (χ1v) is 4.42. The molecule has 3 nitrogen and oxygen atoms in total. The van der Waals surface area contributed by atoms with E-state index in [1.54, 1.807) is 24.3 Å². The highest BCUT2D eigenvalue weighted by atomic mass is 19.1. The minimum absolute atomic E-state index is 0.0321. The van der Waals surface area contributed by atoms with Gasteiger partial charge in [0.05, 0.1) is 0 Å². The molecule has 0 amide bonds. The monoisotopic (exact) mass is 210 g/mol. The van der Waals surface area contributed by atoms with Crippen LogP contribution in [0.5, 0.6) is 5.75 Å². The van der Waals surface area contributed by atoms with E-state index < -0.39 is 12.6 Å². The molecular formula is C11H11FO3. The molecule has 1 aromatic rings. The van der Waals surface area contributed by atoms with Crippen molar-refractivity contribution in [2.75, 3.05) is 13.3 Å². The second-order valence-electron chi connectivity index (χ2n) is 2.78. The first-order valence-electron chi connectivity index (χ1n) is 4.42. The summed E-state index contributed by atoms with van der Waals surface area (Å²) >= 11 is 0. The molecule has 0 radical (unpaired) electrons. The lowest BCUT2D eigenvalue weighted by Gasteiger charge is -2.02. The summed E-state index contributed by atoms with van der Waals surface area (Å²) in [6.45, 7) is -0.495. The fraction of sp³-hybridized carbons (Fsp3) is 0.182. The summed E-state index contributed by atoms with van der Waals surface area (Å²) in [5, 5.41) is 8.39. The molecule has 0 aromatic heterocycles. The molecular weight excluding hydrogens is 199 g/mol. The Morgan fingerprint density at radius 2 is 2.07 bits per heavy atom. The third kappa shape index (κ3) is 4.26. The molecule has 15 heavy (non-hydrogen) atoms. The smallest absolute Gasteiger partial charge is 0.328 e. The molecule has 0 aliphatic carbocycles. The minimum atomic E-state index is -0.993.